The monoisotopic (exact) mass is 320 g/mol. The molecule has 1 heterocycles. The molecule has 7 heteroatoms. The first-order chi connectivity index (χ1) is 10.5. The number of hydrogen-bond acceptors (Lipinski definition) is 3. The highest BCUT2D eigenvalue weighted by molar-refractivity contribution is 6.30. The lowest BCUT2D eigenvalue weighted by Gasteiger charge is -2.07. The molecule has 1 aromatic carbocycles. The summed E-state index contributed by atoms with van der Waals surface area (Å²) in [4.78, 5) is 19.9. The fraction of sp³-hybridized carbons (Fsp3) is 0.133. The molecular formula is C15H14ClFN4O. The van der Waals surface area contributed by atoms with Crippen LogP contribution in [-0.4, -0.2) is 16.7 Å². The molecule has 0 saturated carbocycles. The van der Waals surface area contributed by atoms with E-state index in [1.807, 2.05) is 0 Å². The Balaban J connectivity index is 2.15. The summed E-state index contributed by atoms with van der Waals surface area (Å²) in [5.41, 5.74) is 6.44. The van der Waals surface area contributed by atoms with Crippen molar-refractivity contribution in [1.82, 2.24) is 4.98 Å². The van der Waals surface area contributed by atoms with Gasteiger partial charge in [-0.05, 0) is 37.3 Å². The zero-order chi connectivity index (χ0) is 16.1. The van der Waals surface area contributed by atoms with Crippen molar-refractivity contribution in [2.75, 3.05) is 5.32 Å². The minimum atomic E-state index is -0.410. The van der Waals surface area contributed by atoms with Crippen LogP contribution in [0, 0.1) is 5.82 Å². The zero-order valence-electron chi connectivity index (χ0n) is 11.8. The van der Waals surface area contributed by atoms with E-state index in [-0.39, 0.29) is 12.2 Å². The molecule has 0 aliphatic heterocycles. The second kappa shape index (κ2) is 7.00. The van der Waals surface area contributed by atoms with Crippen molar-refractivity contribution in [1.29, 1.82) is 0 Å². The maximum absolute atomic E-state index is 13.7. The number of nitrogens with one attached hydrogen (secondary N) is 1. The first kappa shape index (κ1) is 15.9. The van der Waals surface area contributed by atoms with Crippen molar-refractivity contribution in [3.63, 3.8) is 0 Å². The Morgan fingerprint density at radius 2 is 2.18 bits per heavy atom. The Hall–Kier alpha value is -2.47. The average molecular weight is 321 g/mol. The summed E-state index contributed by atoms with van der Waals surface area (Å²) in [5, 5.41) is 3.08. The van der Waals surface area contributed by atoms with Crippen molar-refractivity contribution in [2.24, 2.45) is 10.7 Å². The number of aromatic nitrogens is 1. The highest BCUT2D eigenvalue weighted by atomic mass is 35.5. The van der Waals surface area contributed by atoms with Gasteiger partial charge in [-0.25, -0.2) is 9.37 Å². The standard InChI is InChI=1S/C15H14ClFN4O/c1-9(18)19-7-10-6-12(3-4-13(10)17)21-15(22)14-5-2-11(16)8-20-14/h2-6,8H,7H2,1H3,(H2,18,19)(H,21,22). The van der Waals surface area contributed by atoms with Gasteiger partial charge in [0.1, 0.15) is 11.5 Å². The lowest BCUT2D eigenvalue weighted by molar-refractivity contribution is 0.102. The molecule has 5 nitrogen and oxygen atoms in total. The maximum Gasteiger partial charge on any atom is 0.274 e. The molecule has 114 valence electrons. The summed E-state index contributed by atoms with van der Waals surface area (Å²) in [6.07, 6.45) is 1.38. The van der Waals surface area contributed by atoms with Crippen molar-refractivity contribution in [3.05, 3.63) is 58.6 Å². The molecule has 0 radical (unpaired) electrons. The van der Waals surface area contributed by atoms with Crippen LogP contribution in [-0.2, 0) is 6.54 Å². The predicted octanol–water partition coefficient (Wildman–Crippen LogP) is 3.00. The van der Waals surface area contributed by atoms with Crippen LogP contribution in [0.1, 0.15) is 23.0 Å². The highest BCUT2D eigenvalue weighted by Gasteiger charge is 2.09. The topological polar surface area (TPSA) is 80.4 Å². The van der Waals surface area contributed by atoms with Crippen LogP contribution in [0.15, 0.2) is 41.5 Å². The molecule has 0 saturated heterocycles. The third-order valence-electron chi connectivity index (χ3n) is 2.76. The van der Waals surface area contributed by atoms with E-state index in [1.54, 1.807) is 13.0 Å². The average Bonchev–Trinajstić information content (AvgIpc) is 2.48. The highest BCUT2D eigenvalue weighted by Crippen LogP contribution is 2.17. The maximum atomic E-state index is 13.7. The van der Waals surface area contributed by atoms with Crippen LogP contribution in [0.5, 0.6) is 0 Å². The molecule has 2 aromatic rings. The molecule has 0 unspecified atom stereocenters. The van der Waals surface area contributed by atoms with E-state index < -0.39 is 11.7 Å². The number of rotatable bonds is 4. The van der Waals surface area contributed by atoms with Gasteiger partial charge in [0.2, 0.25) is 0 Å². The number of anilines is 1. The minimum Gasteiger partial charge on any atom is -0.388 e. The van der Waals surface area contributed by atoms with Gasteiger partial charge in [-0.15, -0.1) is 0 Å². The summed E-state index contributed by atoms with van der Waals surface area (Å²) in [7, 11) is 0. The van der Waals surface area contributed by atoms with Crippen LogP contribution < -0.4 is 11.1 Å². The van der Waals surface area contributed by atoms with E-state index in [1.165, 1.54) is 30.5 Å². The van der Waals surface area contributed by atoms with Crippen LogP contribution in [0.4, 0.5) is 10.1 Å². The first-order valence-corrected chi connectivity index (χ1v) is 6.81. The Kier molecular flexibility index (Phi) is 5.06. The van der Waals surface area contributed by atoms with E-state index in [2.05, 4.69) is 15.3 Å². The van der Waals surface area contributed by atoms with Gasteiger partial charge in [0, 0.05) is 17.4 Å². The Labute approximate surface area is 132 Å². The number of halogens is 2. The van der Waals surface area contributed by atoms with Gasteiger partial charge in [-0.2, -0.15) is 0 Å². The predicted molar refractivity (Wildman–Crippen MR) is 84.6 cm³/mol. The quantitative estimate of drug-likeness (QED) is 0.671. The molecule has 2 rings (SSSR count). The Morgan fingerprint density at radius 3 is 2.82 bits per heavy atom. The number of pyridine rings is 1. The molecule has 0 aliphatic rings. The molecule has 22 heavy (non-hydrogen) atoms. The number of nitrogens with zero attached hydrogens (tertiary/aromatic N) is 2. The molecule has 0 fully saturated rings. The van der Waals surface area contributed by atoms with Gasteiger partial charge in [0.25, 0.3) is 5.91 Å². The summed E-state index contributed by atoms with van der Waals surface area (Å²) < 4.78 is 13.7. The fourth-order valence-electron chi connectivity index (χ4n) is 1.69. The number of benzene rings is 1. The van der Waals surface area contributed by atoms with E-state index in [4.69, 9.17) is 17.3 Å². The third kappa shape index (κ3) is 4.26. The van der Waals surface area contributed by atoms with E-state index in [9.17, 15) is 9.18 Å². The zero-order valence-corrected chi connectivity index (χ0v) is 12.6. The van der Waals surface area contributed by atoms with Crippen LogP contribution >= 0.6 is 11.6 Å². The fourth-order valence-corrected chi connectivity index (χ4v) is 1.80. The van der Waals surface area contributed by atoms with Crippen molar-refractivity contribution >= 4 is 29.0 Å². The molecular weight excluding hydrogens is 307 g/mol. The Bertz CT molecular complexity index is 712. The first-order valence-electron chi connectivity index (χ1n) is 6.43. The summed E-state index contributed by atoms with van der Waals surface area (Å²) >= 11 is 5.72. The van der Waals surface area contributed by atoms with Gasteiger partial charge < -0.3 is 11.1 Å². The van der Waals surface area contributed by atoms with Gasteiger partial charge >= 0.3 is 0 Å². The van der Waals surface area contributed by atoms with E-state index >= 15 is 0 Å². The third-order valence-corrected chi connectivity index (χ3v) is 2.99. The second-order valence-corrected chi connectivity index (χ2v) is 5.02. The number of amidine groups is 1. The van der Waals surface area contributed by atoms with Crippen molar-refractivity contribution in [3.8, 4) is 0 Å². The molecule has 0 bridgehead atoms. The SMILES string of the molecule is CC(N)=NCc1cc(NC(=O)c2ccc(Cl)cn2)ccc1F. The largest absolute Gasteiger partial charge is 0.388 e. The molecule has 0 atom stereocenters. The number of carbonyl (C=O) groups is 1. The van der Waals surface area contributed by atoms with Crippen molar-refractivity contribution in [2.45, 2.75) is 13.5 Å². The van der Waals surface area contributed by atoms with Crippen LogP contribution in [0.3, 0.4) is 0 Å². The van der Waals surface area contributed by atoms with Gasteiger partial charge in [-0.1, -0.05) is 11.6 Å². The lowest BCUT2D eigenvalue weighted by Crippen LogP contribution is -2.13. The summed E-state index contributed by atoms with van der Waals surface area (Å²) in [6.45, 7) is 1.73. The van der Waals surface area contributed by atoms with Gasteiger partial charge in [0.05, 0.1) is 17.4 Å². The number of nitrogens with two attached hydrogens (primary N) is 1. The normalized spacial score (nSPS) is 11.3. The lowest BCUT2D eigenvalue weighted by atomic mass is 10.2. The summed E-state index contributed by atoms with van der Waals surface area (Å²) in [5.74, 6) is -0.459. The van der Waals surface area contributed by atoms with Crippen LogP contribution in [0.2, 0.25) is 5.02 Å². The van der Waals surface area contributed by atoms with Crippen molar-refractivity contribution < 1.29 is 9.18 Å². The second-order valence-electron chi connectivity index (χ2n) is 4.58. The van der Waals surface area contributed by atoms with Gasteiger partial charge in [0.15, 0.2) is 0 Å². The van der Waals surface area contributed by atoms with Crippen LogP contribution in [0.25, 0.3) is 0 Å². The number of hydrogen-bond donors (Lipinski definition) is 2. The number of amides is 1. The molecule has 3 N–H and O–H groups in total. The smallest absolute Gasteiger partial charge is 0.274 e. The Morgan fingerprint density at radius 1 is 1.41 bits per heavy atom. The van der Waals surface area contributed by atoms with E-state index in [0.29, 0.717) is 22.1 Å². The molecule has 0 aliphatic carbocycles. The number of carbonyl (C=O) groups excluding carboxylic acids is 1. The van der Waals surface area contributed by atoms with Gasteiger partial charge in [-0.3, -0.25) is 9.79 Å². The minimum absolute atomic E-state index is 0.108. The molecule has 1 aromatic heterocycles. The molecule has 0 spiro atoms. The number of aliphatic imine (C=N–C) groups is 1. The molecule has 1 amide bonds. The summed E-state index contributed by atoms with van der Waals surface area (Å²) in [6, 6.07) is 7.31. The van der Waals surface area contributed by atoms with E-state index in [0.717, 1.165) is 0 Å².